The molecule has 0 unspecified atom stereocenters. The van der Waals surface area contributed by atoms with E-state index in [1.807, 2.05) is 18.2 Å². The van der Waals surface area contributed by atoms with E-state index in [0.717, 1.165) is 17.2 Å². The van der Waals surface area contributed by atoms with Crippen LogP contribution in [-0.4, -0.2) is 0 Å². The molecule has 0 aromatic heterocycles. The van der Waals surface area contributed by atoms with Crippen LogP contribution in [0.25, 0.3) is 0 Å². The minimum absolute atomic E-state index is 0.270. The minimum atomic E-state index is 0.270. The monoisotopic (exact) mass is 279 g/mol. The molecule has 0 amide bonds. The first kappa shape index (κ1) is 12.8. The van der Waals surface area contributed by atoms with Crippen molar-refractivity contribution in [2.45, 2.75) is 44.4 Å². The van der Waals surface area contributed by atoms with Gasteiger partial charge >= 0.3 is 0 Å². The Labute approximate surface area is 126 Å². The highest BCUT2D eigenvalue weighted by Gasteiger charge is 2.33. The summed E-state index contributed by atoms with van der Waals surface area (Å²) in [5.41, 5.74) is 3.92. The van der Waals surface area contributed by atoms with Gasteiger partial charge in [0.1, 0.15) is 0 Å². The quantitative estimate of drug-likeness (QED) is 0.611. The molecule has 4 rings (SSSR count). The van der Waals surface area contributed by atoms with Crippen molar-refractivity contribution in [1.82, 2.24) is 0 Å². The number of rotatable bonds is 1. The van der Waals surface area contributed by atoms with Crippen LogP contribution < -0.4 is 10.1 Å². The number of anilines is 2. The van der Waals surface area contributed by atoms with Gasteiger partial charge in [0.25, 0.3) is 0 Å². The number of benzene rings is 2. The van der Waals surface area contributed by atoms with Gasteiger partial charge in [-0.25, -0.2) is 0 Å². The largest absolute Gasteiger partial charge is 0.453 e. The van der Waals surface area contributed by atoms with E-state index in [0.29, 0.717) is 0 Å². The Bertz CT molecular complexity index is 671. The summed E-state index contributed by atoms with van der Waals surface area (Å²) in [4.78, 5) is 0. The molecule has 0 spiro atoms. The SMILES string of the molecule is CC1(c2cccc3c2Nc2ccccc2O3)CCCCC1. The molecule has 2 aliphatic rings. The van der Waals surface area contributed by atoms with Crippen molar-refractivity contribution in [3.8, 4) is 11.5 Å². The third-order valence-electron chi connectivity index (χ3n) is 5.00. The van der Waals surface area contributed by atoms with Crippen LogP contribution in [0.1, 0.15) is 44.6 Å². The zero-order valence-electron chi connectivity index (χ0n) is 12.5. The Balaban J connectivity index is 1.79. The third kappa shape index (κ3) is 2.10. The summed E-state index contributed by atoms with van der Waals surface area (Å²) >= 11 is 0. The highest BCUT2D eigenvalue weighted by Crippen LogP contribution is 2.49. The summed E-state index contributed by atoms with van der Waals surface area (Å²) < 4.78 is 6.09. The molecule has 0 atom stereocenters. The molecule has 1 fully saturated rings. The van der Waals surface area contributed by atoms with Crippen LogP contribution in [-0.2, 0) is 5.41 Å². The van der Waals surface area contributed by atoms with E-state index in [-0.39, 0.29) is 5.41 Å². The summed E-state index contributed by atoms with van der Waals surface area (Å²) in [6.07, 6.45) is 6.58. The van der Waals surface area contributed by atoms with Gasteiger partial charge in [0, 0.05) is 0 Å². The molecule has 2 nitrogen and oxygen atoms in total. The second kappa shape index (κ2) is 4.80. The number of fused-ring (bicyclic) bond motifs is 2. The summed E-state index contributed by atoms with van der Waals surface area (Å²) in [7, 11) is 0. The van der Waals surface area contributed by atoms with Gasteiger partial charge in [-0.2, -0.15) is 0 Å². The highest BCUT2D eigenvalue weighted by atomic mass is 16.5. The van der Waals surface area contributed by atoms with E-state index in [1.165, 1.54) is 43.4 Å². The summed E-state index contributed by atoms with van der Waals surface area (Å²) in [5.74, 6) is 1.87. The van der Waals surface area contributed by atoms with Crippen molar-refractivity contribution in [2.24, 2.45) is 0 Å². The molecule has 0 bridgehead atoms. The lowest BCUT2D eigenvalue weighted by atomic mass is 9.70. The van der Waals surface area contributed by atoms with Gasteiger partial charge in [0.15, 0.2) is 11.5 Å². The average molecular weight is 279 g/mol. The number of nitrogens with one attached hydrogen (secondary N) is 1. The molecule has 0 radical (unpaired) electrons. The van der Waals surface area contributed by atoms with Crippen LogP contribution in [0.4, 0.5) is 11.4 Å². The van der Waals surface area contributed by atoms with E-state index in [2.05, 4.69) is 36.5 Å². The zero-order chi connectivity index (χ0) is 14.3. The highest BCUT2D eigenvalue weighted by molar-refractivity contribution is 5.78. The molecular formula is C19H21NO. The van der Waals surface area contributed by atoms with E-state index >= 15 is 0 Å². The minimum Gasteiger partial charge on any atom is -0.453 e. The lowest BCUT2D eigenvalue weighted by Crippen LogP contribution is -2.26. The predicted molar refractivity (Wildman–Crippen MR) is 86.7 cm³/mol. The van der Waals surface area contributed by atoms with Gasteiger partial charge in [0.2, 0.25) is 0 Å². The van der Waals surface area contributed by atoms with Crippen molar-refractivity contribution in [3.05, 3.63) is 48.0 Å². The molecule has 2 aromatic rings. The Morgan fingerprint density at radius 3 is 2.52 bits per heavy atom. The van der Waals surface area contributed by atoms with Crippen LogP contribution >= 0.6 is 0 Å². The first-order valence-electron chi connectivity index (χ1n) is 7.94. The number of hydrogen-bond acceptors (Lipinski definition) is 2. The fourth-order valence-electron chi connectivity index (χ4n) is 3.76. The Morgan fingerprint density at radius 1 is 0.905 bits per heavy atom. The van der Waals surface area contributed by atoms with Gasteiger partial charge in [0.05, 0.1) is 11.4 Å². The van der Waals surface area contributed by atoms with E-state index in [1.54, 1.807) is 0 Å². The summed E-state index contributed by atoms with van der Waals surface area (Å²) in [6.45, 7) is 2.41. The normalized spacial score (nSPS) is 18.9. The molecule has 1 saturated carbocycles. The van der Waals surface area contributed by atoms with Gasteiger partial charge in [-0.15, -0.1) is 0 Å². The van der Waals surface area contributed by atoms with Crippen molar-refractivity contribution in [3.63, 3.8) is 0 Å². The Morgan fingerprint density at radius 2 is 1.67 bits per heavy atom. The number of hydrogen-bond donors (Lipinski definition) is 1. The fraction of sp³-hybridized carbons (Fsp3) is 0.368. The Hall–Kier alpha value is -1.96. The molecule has 2 aromatic carbocycles. The summed E-state index contributed by atoms with van der Waals surface area (Å²) in [6, 6.07) is 14.6. The first-order valence-corrected chi connectivity index (χ1v) is 7.94. The third-order valence-corrected chi connectivity index (χ3v) is 5.00. The second-order valence-electron chi connectivity index (χ2n) is 6.52. The molecule has 1 aliphatic carbocycles. The van der Waals surface area contributed by atoms with Crippen molar-refractivity contribution in [1.29, 1.82) is 0 Å². The average Bonchev–Trinajstić information content (AvgIpc) is 2.53. The van der Waals surface area contributed by atoms with Gasteiger partial charge < -0.3 is 10.1 Å². The van der Waals surface area contributed by atoms with Gasteiger partial charge in [-0.05, 0) is 42.0 Å². The maximum Gasteiger partial charge on any atom is 0.151 e. The maximum absolute atomic E-state index is 6.09. The van der Waals surface area contributed by atoms with E-state index < -0.39 is 0 Å². The summed E-state index contributed by atoms with van der Waals surface area (Å²) in [5, 5.41) is 3.61. The molecule has 0 saturated heterocycles. The van der Waals surface area contributed by atoms with E-state index in [4.69, 9.17) is 4.74 Å². The molecule has 1 heterocycles. The predicted octanol–water partition coefficient (Wildman–Crippen LogP) is 5.76. The van der Waals surface area contributed by atoms with Crippen LogP contribution in [0, 0.1) is 0 Å². The zero-order valence-corrected chi connectivity index (χ0v) is 12.5. The molecular weight excluding hydrogens is 258 g/mol. The standard InChI is InChI=1S/C19H21NO/c1-19(12-5-2-6-13-19)14-8-7-11-17-18(14)20-15-9-3-4-10-16(15)21-17/h3-4,7-11,20H,2,5-6,12-13H2,1H3. The topological polar surface area (TPSA) is 21.3 Å². The maximum atomic E-state index is 6.09. The van der Waals surface area contributed by atoms with Crippen LogP contribution in [0.3, 0.4) is 0 Å². The molecule has 2 heteroatoms. The van der Waals surface area contributed by atoms with Crippen molar-refractivity contribution < 1.29 is 4.74 Å². The first-order chi connectivity index (χ1) is 10.3. The van der Waals surface area contributed by atoms with E-state index in [9.17, 15) is 0 Å². The van der Waals surface area contributed by atoms with Crippen molar-refractivity contribution >= 4 is 11.4 Å². The van der Waals surface area contributed by atoms with Crippen LogP contribution in [0.5, 0.6) is 11.5 Å². The Kier molecular flexibility index (Phi) is 2.91. The van der Waals surface area contributed by atoms with Crippen LogP contribution in [0.2, 0.25) is 0 Å². The molecule has 1 aliphatic heterocycles. The van der Waals surface area contributed by atoms with Gasteiger partial charge in [-0.3, -0.25) is 0 Å². The smallest absolute Gasteiger partial charge is 0.151 e. The van der Waals surface area contributed by atoms with Crippen molar-refractivity contribution in [2.75, 3.05) is 5.32 Å². The number of ether oxygens (including phenoxy) is 1. The number of para-hydroxylation sites is 3. The van der Waals surface area contributed by atoms with Gasteiger partial charge in [-0.1, -0.05) is 50.5 Å². The second-order valence-corrected chi connectivity index (χ2v) is 6.52. The lowest BCUT2D eigenvalue weighted by Gasteiger charge is -2.37. The lowest BCUT2D eigenvalue weighted by molar-refractivity contribution is 0.319. The van der Waals surface area contributed by atoms with Crippen LogP contribution in [0.15, 0.2) is 42.5 Å². The molecule has 21 heavy (non-hydrogen) atoms. The molecule has 108 valence electrons. The fourth-order valence-corrected chi connectivity index (χ4v) is 3.76. The molecule has 1 N–H and O–H groups in total.